The van der Waals surface area contributed by atoms with Crippen LogP contribution in [0, 0.1) is 6.92 Å². The first kappa shape index (κ1) is 14.8. The lowest BCUT2D eigenvalue weighted by Gasteiger charge is -2.06. The van der Waals surface area contributed by atoms with Gasteiger partial charge < -0.3 is 14.1 Å². The van der Waals surface area contributed by atoms with Crippen molar-refractivity contribution in [2.24, 2.45) is 0 Å². The summed E-state index contributed by atoms with van der Waals surface area (Å²) in [5.41, 5.74) is 0. The van der Waals surface area contributed by atoms with Crippen LogP contribution < -0.4 is 4.72 Å². The molecule has 7 nitrogen and oxygen atoms in total. The van der Waals surface area contributed by atoms with Crippen molar-refractivity contribution in [2.45, 2.75) is 31.4 Å². The molecule has 0 amide bonds. The Hall–Kier alpha value is -1.64. The molecule has 0 radical (unpaired) electrons. The van der Waals surface area contributed by atoms with Crippen molar-refractivity contribution in [2.75, 3.05) is 6.54 Å². The summed E-state index contributed by atoms with van der Waals surface area (Å²) < 4.78 is 33.7. The predicted molar refractivity (Wildman–Crippen MR) is 71.4 cm³/mol. The Labute approximate surface area is 117 Å². The van der Waals surface area contributed by atoms with E-state index >= 15 is 0 Å². The van der Waals surface area contributed by atoms with Crippen LogP contribution in [0.4, 0.5) is 0 Å². The quantitative estimate of drug-likeness (QED) is 0.731. The third kappa shape index (κ3) is 3.47. The summed E-state index contributed by atoms with van der Waals surface area (Å²) >= 11 is 0. The van der Waals surface area contributed by atoms with E-state index in [4.69, 9.17) is 9.52 Å². The first-order valence-corrected chi connectivity index (χ1v) is 7.67. The van der Waals surface area contributed by atoms with Crippen LogP contribution in [0.5, 0.6) is 0 Å². The predicted octanol–water partition coefficient (Wildman–Crippen LogP) is 0.645. The van der Waals surface area contributed by atoms with Gasteiger partial charge in [0.2, 0.25) is 10.0 Å². The van der Waals surface area contributed by atoms with Crippen LogP contribution in [0.3, 0.4) is 0 Å². The van der Waals surface area contributed by atoms with Gasteiger partial charge in [-0.1, -0.05) is 0 Å². The van der Waals surface area contributed by atoms with Gasteiger partial charge in [-0.3, -0.25) is 0 Å². The van der Waals surface area contributed by atoms with Gasteiger partial charge >= 0.3 is 0 Å². The normalized spacial score (nSPS) is 11.9. The second-order valence-electron chi connectivity index (χ2n) is 4.34. The van der Waals surface area contributed by atoms with Crippen molar-refractivity contribution >= 4 is 10.0 Å². The van der Waals surface area contributed by atoms with Crippen LogP contribution in [-0.2, 0) is 23.2 Å². The fraction of sp³-hybridized carbons (Fsp3) is 0.417. The van der Waals surface area contributed by atoms with Crippen LogP contribution in [0.25, 0.3) is 0 Å². The number of rotatable bonds is 7. The van der Waals surface area contributed by atoms with Gasteiger partial charge in [-0.05, 0) is 13.3 Å². The molecule has 2 aromatic rings. The summed E-state index contributed by atoms with van der Waals surface area (Å²) in [7, 11) is -3.60. The molecule has 0 unspecified atom stereocenters. The van der Waals surface area contributed by atoms with Gasteiger partial charge in [-0.2, -0.15) is 0 Å². The third-order valence-corrected chi connectivity index (χ3v) is 4.38. The summed E-state index contributed by atoms with van der Waals surface area (Å²) in [4.78, 5) is 3.98. The highest BCUT2D eigenvalue weighted by Gasteiger charge is 2.20. The molecule has 2 N–H and O–H groups in total. The van der Waals surface area contributed by atoms with Crippen LogP contribution in [-0.4, -0.2) is 29.6 Å². The maximum Gasteiger partial charge on any atom is 0.244 e. The van der Waals surface area contributed by atoms with E-state index in [9.17, 15) is 8.42 Å². The monoisotopic (exact) mass is 299 g/mol. The molecule has 0 aromatic carbocycles. The van der Waals surface area contributed by atoms with E-state index in [2.05, 4.69) is 9.71 Å². The molecule has 0 saturated heterocycles. The van der Waals surface area contributed by atoms with Crippen molar-refractivity contribution in [1.29, 1.82) is 0 Å². The van der Waals surface area contributed by atoms with E-state index in [0.29, 0.717) is 19.5 Å². The molecule has 2 rings (SSSR count). The molecule has 0 bridgehead atoms. The Bertz CT molecular complexity index is 646. The highest BCUT2D eigenvalue weighted by Crippen LogP contribution is 2.19. The van der Waals surface area contributed by atoms with Crippen molar-refractivity contribution in [3.8, 4) is 0 Å². The zero-order chi connectivity index (χ0) is 14.6. The average molecular weight is 299 g/mol. The first-order valence-electron chi connectivity index (χ1n) is 6.18. The van der Waals surface area contributed by atoms with E-state index in [1.54, 1.807) is 19.4 Å². The van der Waals surface area contributed by atoms with E-state index in [1.807, 2.05) is 10.8 Å². The van der Waals surface area contributed by atoms with Crippen LogP contribution in [0.2, 0.25) is 0 Å². The number of hydrogen-bond acceptors (Lipinski definition) is 5. The molecule has 0 aliphatic carbocycles. The lowest BCUT2D eigenvalue weighted by Crippen LogP contribution is -2.25. The lowest BCUT2D eigenvalue weighted by atomic mass is 10.4. The van der Waals surface area contributed by atoms with Gasteiger partial charge in [0.25, 0.3) is 0 Å². The molecule has 2 heterocycles. The van der Waals surface area contributed by atoms with Gasteiger partial charge in [0.15, 0.2) is 0 Å². The number of imidazole rings is 1. The molecule has 110 valence electrons. The van der Waals surface area contributed by atoms with E-state index in [1.165, 1.54) is 6.07 Å². The number of nitrogens with one attached hydrogen (secondary N) is 1. The number of aryl methyl sites for hydroxylation is 2. The van der Waals surface area contributed by atoms with Crippen molar-refractivity contribution in [3.63, 3.8) is 0 Å². The minimum absolute atomic E-state index is 0.0733. The molecular formula is C12H17N3O4S. The number of hydrogen-bond donors (Lipinski definition) is 2. The largest absolute Gasteiger partial charge is 0.462 e. The van der Waals surface area contributed by atoms with Gasteiger partial charge in [-0.25, -0.2) is 18.1 Å². The molecule has 8 heteroatoms. The molecule has 0 spiro atoms. The zero-order valence-corrected chi connectivity index (χ0v) is 11.9. The average Bonchev–Trinajstić information content (AvgIpc) is 3.04. The summed E-state index contributed by atoms with van der Waals surface area (Å²) in [5, 5.41) is 8.94. The number of aromatic nitrogens is 2. The van der Waals surface area contributed by atoms with Gasteiger partial charge in [0, 0.05) is 31.5 Å². The minimum Gasteiger partial charge on any atom is -0.462 e. The second-order valence-corrected chi connectivity index (χ2v) is 6.08. The first-order chi connectivity index (χ1) is 9.53. The van der Waals surface area contributed by atoms with E-state index < -0.39 is 10.0 Å². The molecule has 0 aliphatic heterocycles. The summed E-state index contributed by atoms with van der Waals surface area (Å²) in [6, 6.07) is 1.34. The number of aliphatic hydroxyl groups excluding tert-OH is 1. The summed E-state index contributed by atoms with van der Waals surface area (Å²) in [6.07, 6.45) is 5.83. The highest BCUT2D eigenvalue weighted by atomic mass is 32.2. The highest BCUT2D eigenvalue weighted by molar-refractivity contribution is 7.89. The fourth-order valence-electron chi connectivity index (χ4n) is 1.83. The lowest BCUT2D eigenvalue weighted by molar-refractivity contribution is 0.244. The number of nitrogens with zero attached hydrogens (tertiary/aromatic N) is 2. The Kier molecular flexibility index (Phi) is 4.58. The third-order valence-electron chi connectivity index (χ3n) is 2.81. The van der Waals surface area contributed by atoms with Crippen LogP contribution in [0.1, 0.15) is 17.9 Å². The number of furan rings is 1. The maximum absolute atomic E-state index is 12.1. The zero-order valence-electron chi connectivity index (χ0n) is 11.1. The van der Waals surface area contributed by atoms with E-state index in [0.717, 1.165) is 0 Å². The topological polar surface area (TPSA) is 97.4 Å². The fourth-order valence-corrected chi connectivity index (χ4v) is 3.11. The van der Waals surface area contributed by atoms with Gasteiger partial charge in [0.05, 0.1) is 6.33 Å². The number of sulfonamides is 1. The summed E-state index contributed by atoms with van der Waals surface area (Å²) in [6.45, 7) is 2.24. The van der Waals surface area contributed by atoms with Crippen molar-refractivity contribution in [1.82, 2.24) is 14.3 Å². The van der Waals surface area contributed by atoms with Crippen molar-refractivity contribution in [3.05, 3.63) is 36.3 Å². The Morgan fingerprint density at radius 1 is 1.50 bits per heavy atom. The molecule has 2 aromatic heterocycles. The molecular weight excluding hydrogens is 282 g/mol. The SMILES string of the molecule is Cc1oc(CO)cc1S(=O)(=O)NCCCn1ccnc1. The van der Waals surface area contributed by atoms with Crippen LogP contribution >= 0.6 is 0 Å². The Balaban J connectivity index is 1.91. The standard InChI is InChI=1S/C12H17N3O4S/c1-10-12(7-11(8-16)19-10)20(17,18)14-3-2-5-15-6-4-13-9-15/h4,6-7,9,14,16H,2-3,5,8H2,1H3. The molecule has 0 aliphatic rings. The second kappa shape index (κ2) is 6.21. The Morgan fingerprint density at radius 3 is 2.90 bits per heavy atom. The molecule has 0 fully saturated rings. The minimum atomic E-state index is -3.60. The molecule has 0 atom stereocenters. The van der Waals surface area contributed by atoms with Crippen molar-refractivity contribution < 1.29 is 17.9 Å². The number of aliphatic hydroxyl groups is 1. The summed E-state index contributed by atoms with van der Waals surface area (Å²) in [5.74, 6) is 0.512. The maximum atomic E-state index is 12.1. The van der Waals surface area contributed by atoms with Crippen LogP contribution in [0.15, 0.2) is 34.1 Å². The van der Waals surface area contributed by atoms with Gasteiger partial charge in [0.1, 0.15) is 23.0 Å². The molecule has 20 heavy (non-hydrogen) atoms. The van der Waals surface area contributed by atoms with Gasteiger partial charge in [-0.15, -0.1) is 0 Å². The Morgan fingerprint density at radius 2 is 2.30 bits per heavy atom. The smallest absolute Gasteiger partial charge is 0.244 e. The molecule has 0 saturated carbocycles. The van der Waals surface area contributed by atoms with E-state index in [-0.39, 0.29) is 23.0 Å².